The Morgan fingerprint density at radius 2 is 2.03 bits per heavy atom. The second-order valence-electron chi connectivity index (χ2n) is 10.0. The maximum absolute atomic E-state index is 14.9. The number of hydrogen-bond acceptors (Lipinski definition) is 5. The summed E-state index contributed by atoms with van der Waals surface area (Å²) < 4.78 is 57.5. The molecule has 1 aromatic rings. The Kier molecular flexibility index (Phi) is 7.62. The number of halogens is 4. The first kappa shape index (κ1) is 26.7. The fourth-order valence-electron chi connectivity index (χ4n) is 5.70. The third kappa shape index (κ3) is 5.50. The van der Waals surface area contributed by atoms with Gasteiger partial charge in [0.1, 0.15) is 29.8 Å². The number of anilines is 1. The number of benzene rings is 1. The first-order valence-electron chi connectivity index (χ1n) is 12.4. The van der Waals surface area contributed by atoms with Gasteiger partial charge in [-0.2, -0.15) is 5.26 Å². The van der Waals surface area contributed by atoms with Gasteiger partial charge in [-0.3, -0.25) is 14.4 Å². The average molecular weight is 524 g/mol. The molecule has 3 amide bonds. The van der Waals surface area contributed by atoms with E-state index in [1.165, 1.54) is 6.92 Å². The molecule has 3 unspecified atom stereocenters. The molecule has 3 N–H and O–H groups in total. The van der Waals surface area contributed by atoms with Crippen molar-refractivity contribution in [3.05, 3.63) is 29.8 Å². The van der Waals surface area contributed by atoms with E-state index in [2.05, 4.69) is 16.0 Å². The van der Waals surface area contributed by atoms with Gasteiger partial charge in [0.15, 0.2) is 0 Å². The molecule has 1 saturated carbocycles. The van der Waals surface area contributed by atoms with Gasteiger partial charge in [0.05, 0.1) is 17.7 Å². The topological polar surface area (TPSA) is 114 Å². The number of carbonyl (C=O) groups is 3. The summed E-state index contributed by atoms with van der Waals surface area (Å²) in [4.78, 5) is 40.0. The number of carbonyl (C=O) groups excluding carboxylic acids is 3. The lowest BCUT2D eigenvalue weighted by Gasteiger charge is -2.54. The summed E-state index contributed by atoms with van der Waals surface area (Å²) in [6.07, 6.45) is 0.952. The van der Waals surface area contributed by atoms with Crippen molar-refractivity contribution in [2.24, 2.45) is 11.8 Å². The maximum atomic E-state index is 14.9. The minimum Gasteiger partial charge on any atom is -0.371 e. The zero-order valence-electron chi connectivity index (χ0n) is 20.3. The van der Waals surface area contributed by atoms with Crippen molar-refractivity contribution in [1.82, 2.24) is 15.5 Å². The van der Waals surface area contributed by atoms with E-state index in [0.29, 0.717) is 13.0 Å². The summed E-state index contributed by atoms with van der Waals surface area (Å²) in [5.74, 6) is -8.52. The predicted molar refractivity (Wildman–Crippen MR) is 124 cm³/mol. The van der Waals surface area contributed by atoms with Crippen LogP contribution in [0.4, 0.5) is 23.2 Å². The standard InChI is InChI=1S/C25H29F4N5O3/c1-13(32-20-10-15(26)4-7-19(20)27)24(37)34-17-5-6-18(25(28,29)11-17)21(34)23(36)33-16(12-30)9-14-3-2-8-31-22(14)35/h4,7,10,13-14,16-18,21,32H,2-3,5-6,8-9,11H2,1H3,(H,31,35)(H,33,36)/t13-,14-,16-,17?,18?,21?/m0/s1. The van der Waals surface area contributed by atoms with Crippen molar-refractivity contribution < 1.29 is 31.9 Å². The molecule has 1 aliphatic carbocycles. The number of fused-ring (bicyclic) bond motifs is 3. The third-order valence-electron chi connectivity index (χ3n) is 7.52. The molecule has 12 heteroatoms. The molecule has 4 aliphatic rings. The van der Waals surface area contributed by atoms with Gasteiger partial charge in [-0.25, -0.2) is 17.6 Å². The van der Waals surface area contributed by atoms with Crippen LogP contribution in [0, 0.1) is 34.8 Å². The second kappa shape index (κ2) is 10.6. The van der Waals surface area contributed by atoms with Crippen LogP contribution in [0.25, 0.3) is 0 Å². The highest BCUT2D eigenvalue weighted by Crippen LogP contribution is 2.49. The molecule has 0 aromatic heterocycles. The summed E-state index contributed by atoms with van der Waals surface area (Å²) >= 11 is 0. The van der Waals surface area contributed by atoms with Gasteiger partial charge in [0.25, 0.3) is 5.92 Å². The zero-order valence-corrected chi connectivity index (χ0v) is 20.3. The van der Waals surface area contributed by atoms with Gasteiger partial charge in [-0.15, -0.1) is 0 Å². The second-order valence-corrected chi connectivity index (χ2v) is 10.0. The molecule has 37 heavy (non-hydrogen) atoms. The van der Waals surface area contributed by atoms with Crippen molar-refractivity contribution in [3.63, 3.8) is 0 Å². The van der Waals surface area contributed by atoms with Gasteiger partial charge in [0.2, 0.25) is 17.7 Å². The van der Waals surface area contributed by atoms with Crippen molar-refractivity contribution >= 4 is 23.4 Å². The van der Waals surface area contributed by atoms with Gasteiger partial charge in [-0.1, -0.05) is 0 Å². The Labute approximate surface area is 211 Å². The number of amides is 3. The number of piperidine rings is 3. The largest absolute Gasteiger partial charge is 0.371 e. The minimum absolute atomic E-state index is 0.0160. The lowest BCUT2D eigenvalue weighted by molar-refractivity contribution is -0.194. The number of nitriles is 1. The normalized spacial score (nSPS) is 28.0. The Bertz CT molecular complexity index is 1110. The molecule has 4 fully saturated rings. The molecule has 3 saturated heterocycles. The summed E-state index contributed by atoms with van der Waals surface area (Å²) in [5.41, 5.74) is -0.273. The first-order chi connectivity index (χ1) is 17.5. The number of alkyl halides is 2. The highest BCUT2D eigenvalue weighted by atomic mass is 19.3. The molecule has 8 nitrogen and oxygen atoms in total. The molecule has 0 spiro atoms. The van der Waals surface area contributed by atoms with Crippen LogP contribution in [0.3, 0.4) is 0 Å². The number of rotatable bonds is 7. The van der Waals surface area contributed by atoms with Crippen molar-refractivity contribution in [2.75, 3.05) is 11.9 Å². The van der Waals surface area contributed by atoms with E-state index in [1.54, 1.807) is 0 Å². The van der Waals surface area contributed by atoms with Crippen LogP contribution in [-0.4, -0.2) is 59.3 Å². The molecule has 0 radical (unpaired) electrons. The third-order valence-corrected chi connectivity index (χ3v) is 7.52. The Morgan fingerprint density at radius 1 is 1.27 bits per heavy atom. The molecule has 1 aromatic carbocycles. The Morgan fingerprint density at radius 3 is 2.70 bits per heavy atom. The quantitative estimate of drug-likeness (QED) is 0.476. The maximum Gasteiger partial charge on any atom is 0.255 e. The lowest BCUT2D eigenvalue weighted by atomic mass is 9.71. The fraction of sp³-hybridized carbons (Fsp3) is 0.600. The van der Waals surface area contributed by atoms with Gasteiger partial charge in [0, 0.05) is 24.9 Å². The van der Waals surface area contributed by atoms with E-state index in [0.717, 1.165) is 29.5 Å². The van der Waals surface area contributed by atoms with Crippen molar-refractivity contribution in [2.45, 2.75) is 75.5 Å². The van der Waals surface area contributed by atoms with Crippen LogP contribution in [0.5, 0.6) is 0 Å². The number of nitrogens with one attached hydrogen (secondary N) is 3. The van der Waals surface area contributed by atoms with Gasteiger partial charge in [-0.05, 0) is 57.2 Å². The molecule has 3 heterocycles. The smallest absolute Gasteiger partial charge is 0.255 e. The van der Waals surface area contributed by atoms with Crippen LogP contribution < -0.4 is 16.0 Å². The number of hydrogen-bond donors (Lipinski definition) is 3. The van der Waals surface area contributed by atoms with E-state index in [-0.39, 0.29) is 30.9 Å². The van der Waals surface area contributed by atoms with Crippen LogP contribution in [0.2, 0.25) is 0 Å². The van der Waals surface area contributed by atoms with Gasteiger partial charge < -0.3 is 20.9 Å². The minimum atomic E-state index is -3.20. The van der Waals surface area contributed by atoms with E-state index < -0.39 is 71.8 Å². The Balaban J connectivity index is 1.54. The molecule has 5 rings (SSSR count). The van der Waals surface area contributed by atoms with E-state index >= 15 is 0 Å². The molecule has 2 bridgehead atoms. The molecular weight excluding hydrogens is 494 g/mol. The summed E-state index contributed by atoms with van der Waals surface area (Å²) in [6, 6.07) is -0.139. The van der Waals surface area contributed by atoms with Crippen LogP contribution in [-0.2, 0) is 14.4 Å². The monoisotopic (exact) mass is 523 g/mol. The average Bonchev–Trinajstić information content (AvgIpc) is 2.85. The summed E-state index contributed by atoms with van der Waals surface area (Å²) in [6.45, 7) is 1.91. The highest BCUT2D eigenvalue weighted by Gasteiger charge is 2.60. The fourth-order valence-corrected chi connectivity index (χ4v) is 5.70. The predicted octanol–water partition coefficient (Wildman–Crippen LogP) is 2.70. The van der Waals surface area contributed by atoms with Crippen molar-refractivity contribution in [3.8, 4) is 6.07 Å². The molecular formula is C25H29F4N5O3. The first-order valence-corrected chi connectivity index (χ1v) is 12.4. The lowest BCUT2D eigenvalue weighted by Crippen LogP contribution is -2.70. The SMILES string of the molecule is C[C@H](Nc1cc(F)ccc1F)C(=O)N1C2CCC(C1C(=O)N[C@H](C#N)C[C@@H]1CCCNC1=O)C(F)(F)C2. The van der Waals surface area contributed by atoms with E-state index in [4.69, 9.17) is 0 Å². The van der Waals surface area contributed by atoms with E-state index in [1.807, 2.05) is 6.07 Å². The van der Waals surface area contributed by atoms with Crippen molar-refractivity contribution in [1.29, 1.82) is 5.26 Å². The van der Waals surface area contributed by atoms with Crippen LogP contribution >= 0.6 is 0 Å². The van der Waals surface area contributed by atoms with Gasteiger partial charge >= 0.3 is 0 Å². The van der Waals surface area contributed by atoms with Crippen LogP contribution in [0.1, 0.15) is 45.4 Å². The summed E-state index contributed by atoms with van der Waals surface area (Å²) in [7, 11) is 0. The molecule has 200 valence electrons. The van der Waals surface area contributed by atoms with E-state index in [9.17, 15) is 37.2 Å². The zero-order chi connectivity index (χ0) is 26.9. The molecule has 3 aliphatic heterocycles. The Hall–Kier alpha value is -3.36. The van der Waals surface area contributed by atoms with Crippen LogP contribution in [0.15, 0.2) is 18.2 Å². The summed E-state index contributed by atoms with van der Waals surface area (Å²) in [5, 5.41) is 17.4. The number of nitrogens with zero attached hydrogens (tertiary/aromatic N) is 2. The highest BCUT2D eigenvalue weighted by molar-refractivity contribution is 5.92. The molecule has 6 atom stereocenters.